The van der Waals surface area contributed by atoms with Crippen LogP contribution in [0.5, 0.6) is 0 Å². The topological polar surface area (TPSA) is 58.6 Å². The molecule has 1 saturated heterocycles. The van der Waals surface area contributed by atoms with Crippen LogP contribution in [-0.4, -0.2) is 46.1 Å². The zero-order valence-electron chi connectivity index (χ0n) is 17.2. The number of aryl methyl sites for hydroxylation is 2. The van der Waals surface area contributed by atoms with Crippen molar-refractivity contribution in [3.63, 3.8) is 0 Å². The van der Waals surface area contributed by atoms with Crippen molar-refractivity contribution in [1.29, 1.82) is 0 Å². The van der Waals surface area contributed by atoms with E-state index in [9.17, 15) is 8.42 Å². The van der Waals surface area contributed by atoms with Gasteiger partial charge in [0.2, 0.25) is 10.0 Å². The molecule has 2 aromatic rings. The zero-order chi connectivity index (χ0) is 20.3. The van der Waals surface area contributed by atoms with Crippen LogP contribution in [0.15, 0.2) is 41.3 Å². The average Bonchev–Trinajstić information content (AvgIpc) is 2.67. The summed E-state index contributed by atoms with van der Waals surface area (Å²) >= 11 is 0. The Kier molecular flexibility index (Phi) is 6.55. The highest BCUT2D eigenvalue weighted by atomic mass is 32.2. The molecular weight excluding hydrogens is 372 g/mol. The van der Waals surface area contributed by atoms with E-state index in [4.69, 9.17) is 4.74 Å². The van der Waals surface area contributed by atoms with Crippen molar-refractivity contribution in [2.45, 2.75) is 38.7 Å². The minimum absolute atomic E-state index is 0.0375. The van der Waals surface area contributed by atoms with Gasteiger partial charge in [0.15, 0.2) is 0 Å². The molecule has 5 nitrogen and oxygen atoms in total. The number of ether oxygens (including phenoxy) is 1. The minimum Gasteiger partial charge on any atom is -0.371 e. The monoisotopic (exact) mass is 402 g/mol. The Hall–Kier alpha value is -1.73. The summed E-state index contributed by atoms with van der Waals surface area (Å²) in [7, 11) is -3.54. The molecule has 152 valence electrons. The number of benzene rings is 2. The van der Waals surface area contributed by atoms with Crippen molar-refractivity contribution < 1.29 is 13.2 Å². The van der Waals surface area contributed by atoms with Gasteiger partial charge in [-0.05, 0) is 55.5 Å². The van der Waals surface area contributed by atoms with E-state index in [-0.39, 0.29) is 6.10 Å². The maximum absolute atomic E-state index is 13.0. The molecule has 2 aromatic carbocycles. The minimum atomic E-state index is -3.54. The third-order valence-corrected chi connectivity index (χ3v) is 7.34. The van der Waals surface area contributed by atoms with Gasteiger partial charge in [0.1, 0.15) is 0 Å². The summed E-state index contributed by atoms with van der Waals surface area (Å²) in [5, 5.41) is 0. The Balaban J connectivity index is 1.63. The zero-order valence-corrected chi connectivity index (χ0v) is 18.0. The summed E-state index contributed by atoms with van der Waals surface area (Å²) in [6.07, 6.45) is 0.0375. The van der Waals surface area contributed by atoms with Crippen LogP contribution in [0, 0.1) is 27.7 Å². The molecule has 0 saturated carbocycles. The van der Waals surface area contributed by atoms with Gasteiger partial charge in [0, 0.05) is 26.2 Å². The summed E-state index contributed by atoms with van der Waals surface area (Å²) in [4.78, 5) is 2.68. The number of sulfonamides is 1. The van der Waals surface area contributed by atoms with Crippen molar-refractivity contribution in [1.82, 2.24) is 9.62 Å². The lowest BCUT2D eigenvalue weighted by Gasteiger charge is -2.33. The first-order chi connectivity index (χ1) is 13.3. The second-order valence-electron chi connectivity index (χ2n) is 7.56. The molecule has 0 aromatic heterocycles. The molecule has 0 radical (unpaired) electrons. The Morgan fingerprint density at radius 3 is 2.36 bits per heavy atom. The van der Waals surface area contributed by atoms with Gasteiger partial charge in [-0.1, -0.05) is 36.4 Å². The molecule has 28 heavy (non-hydrogen) atoms. The number of hydrogen-bond acceptors (Lipinski definition) is 4. The summed E-state index contributed by atoms with van der Waals surface area (Å²) in [6, 6.07) is 12.2. The quantitative estimate of drug-likeness (QED) is 0.806. The maximum Gasteiger partial charge on any atom is 0.241 e. The molecule has 0 amide bonds. The lowest BCUT2D eigenvalue weighted by molar-refractivity contribution is -0.0291. The number of hydrogen-bond donors (Lipinski definition) is 1. The molecule has 1 fully saturated rings. The lowest BCUT2D eigenvalue weighted by Crippen LogP contribution is -2.42. The van der Waals surface area contributed by atoms with Gasteiger partial charge in [-0.15, -0.1) is 0 Å². The Morgan fingerprint density at radius 1 is 1.07 bits per heavy atom. The molecule has 1 aliphatic rings. The maximum atomic E-state index is 13.0. The van der Waals surface area contributed by atoms with Gasteiger partial charge in [-0.3, -0.25) is 4.90 Å². The summed E-state index contributed by atoms with van der Waals surface area (Å²) in [5.74, 6) is 0. The first-order valence-corrected chi connectivity index (χ1v) is 11.2. The Labute approximate surface area is 168 Å². The van der Waals surface area contributed by atoms with Crippen LogP contribution in [0.1, 0.15) is 33.9 Å². The molecule has 1 unspecified atom stereocenters. The van der Waals surface area contributed by atoms with Gasteiger partial charge in [-0.25, -0.2) is 13.1 Å². The fourth-order valence-corrected chi connectivity index (χ4v) is 5.40. The second kappa shape index (κ2) is 8.74. The van der Waals surface area contributed by atoms with E-state index in [0.717, 1.165) is 40.9 Å². The van der Waals surface area contributed by atoms with E-state index < -0.39 is 10.0 Å². The van der Waals surface area contributed by atoms with Crippen molar-refractivity contribution in [3.05, 3.63) is 64.2 Å². The van der Waals surface area contributed by atoms with Crippen LogP contribution in [0.3, 0.4) is 0 Å². The highest BCUT2D eigenvalue weighted by Gasteiger charge is 2.24. The SMILES string of the molecule is Cc1cc(C)c(C)c(S(=O)(=O)NCCN2CCOC(c3ccccc3)C2)c1C. The number of nitrogens with one attached hydrogen (secondary N) is 1. The highest BCUT2D eigenvalue weighted by Crippen LogP contribution is 2.26. The molecule has 0 spiro atoms. The predicted octanol–water partition coefficient (Wildman–Crippen LogP) is 3.27. The third kappa shape index (κ3) is 4.63. The van der Waals surface area contributed by atoms with E-state index in [1.54, 1.807) is 0 Å². The highest BCUT2D eigenvalue weighted by molar-refractivity contribution is 7.89. The molecule has 6 heteroatoms. The predicted molar refractivity (Wildman–Crippen MR) is 112 cm³/mol. The summed E-state index contributed by atoms with van der Waals surface area (Å²) < 4.78 is 34.6. The van der Waals surface area contributed by atoms with Gasteiger partial charge in [0.05, 0.1) is 17.6 Å². The molecule has 1 heterocycles. The van der Waals surface area contributed by atoms with Gasteiger partial charge >= 0.3 is 0 Å². The smallest absolute Gasteiger partial charge is 0.241 e. The Morgan fingerprint density at radius 2 is 1.71 bits per heavy atom. The molecule has 1 aliphatic heterocycles. The van der Waals surface area contributed by atoms with Gasteiger partial charge in [-0.2, -0.15) is 0 Å². The van der Waals surface area contributed by atoms with E-state index in [1.165, 1.54) is 0 Å². The van der Waals surface area contributed by atoms with Crippen LogP contribution in [0.4, 0.5) is 0 Å². The van der Waals surface area contributed by atoms with Gasteiger partial charge < -0.3 is 4.74 Å². The largest absolute Gasteiger partial charge is 0.371 e. The van der Waals surface area contributed by atoms with E-state index >= 15 is 0 Å². The van der Waals surface area contributed by atoms with Crippen molar-refractivity contribution in [3.8, 4) is 0 Å². The molecule has 0 bridgehead atoms. The van der Waals surface area contributed by atoms with Crippen molar-refractivity contribution >= 4 is 10.0 Å². The van der Waals surface area contributed by atoms with E-state index in [0.29, 0.717) is 24.6 Å². The van der Waals surface area contributed by atoms with Crippen molar-refractivity contribution in [2.75, 3.05) is 32.8 Å². The number of morpholine rings is 1. The fourth-order valence-electron chi connectivity index (χ4n) is 3.77. The van der Waals surface area contributed by atoms with Crippen LogP contribution >= 0.6 is 0 Å². The summed E-state index contributed by atoms with van der Waals surface area (Å²) in [6.45, 7) is 11.0. The second-order valence-corrected chi connectivity index (χ2v) is 9.26. The van der Waals surface area contributed by atoms with Crippen LogP contribution < -0.4 is 4.72 Å². The molecule has 1 atom stereocenters. The number of nitrogens with zero attached hydrogens (tertiary/aromatic N) is 1. The van der Waals surface area contributed by atoms with Crippen molar-refractivity contribution in [2.24, 2.45) is 0 Å². The number of rotatable bonds is 6. The first-order valence-electron chi connectivity index (χ1n) is 9.75. The third-order valence-electron chi connectivity index (χ3n) is 5.61. The fraction of sp³-hybridized carbons (Fsp3) is 0.455. The Bertz CT molecular complexity index is 900. The lowest BCUT2D eigenvalue weighted by atomic mass is 10.0. The van der Waals surface area contributed by atoms with Gasteiger partial charge in [0.25, 0.3) is 0 Å². The average molecular weight is 403 g/mol. The summed E-state index contributed by atoms with van der Waals surface area (Å²) in [5.41, 5.74) is 4.82. The molecule has 0 aliphatic carbocycles. The van der Waals surface area contributed by atoms with Crippen LogP contribution in [0.25, 0.3) is 0 Å². The normalized spacial score (nSPS) is 18.4. The molecular formula is C22H30N2O3S. The van der Waals surface area contributed by atoms with E-state index in [2.05, 4.69) is 21.8 Å². The standard InChI is InChI=1S/C22H30N2O3S/c1-16-14-17(2)19(4)22(18(16)3)28(25,26)23-10-11-24-12-13-27-21(15-24)20-8-6-5-7-9-20/h5-9,14,21,23H,10-13,15H2,1-4H3. The molecule has 3 rings (SSSR count). The van der Waals surface area contributed by atoms with E-state index in [1.807, 2.05) is 52.0 Å². The first kappa shape index (κ1) is 21.0. The van der Waals surface area contributed by atoms with Crippen LogP contribution in [0.2, 0.25) is 0 Å². The van der Waals surface area contributed by atoms with Crippen LogP contribution in [-0.2, 0) is 14.8 Å². The molecule has 1 N–H and O–H groups in total.